The second kappa shape index (κ2) is 6.19. The fourth-order valence-corrected chi connectivity index (χ4v) is 2.68. The van der Waals surface area contributed by atoms with Gasteiger partial charge in [-0.3, -0.25) is 14.9 Å². The van der Waals surface area contributed by atoms with Crippen molar-refractivity contribution in [3.63, 3.8) is 0 Å². The number of nitro benzene ring substituents is 1. The van der Waals surface area contributed by atoms with Crippen LogP contribution in [-0.4, -0.2) is 56.1 Å². The average Bonchev–Trinajstić information content (AvgIpc) is 2.38. The molecule has 0 bridgehead atoms. The van der Waals surface area contributed by atoms with E-state index in [4.69, 9.17) is 0 Å². The molecule has 1 aromatic rings. The smallest absolute Gasteiger partial charge is 0.273 e. The van der Waals surface area contributed by atoms with Crippen LogP contribution in [0, 0.1) is 17.0 Å². The fourth-order valence-electron chi connectivity index (χ4n) is 1.54. The first kappa shape index (κ1) is 17.1. The van der Waals surface area contributed by atoms with Crippen LogP contribution in [0.25, 0.3) is 0 Å². The highest BCUT2D eigenvalue weighted by Crippen LogP contribution is 2.23. The molecule has 1 rings (SSSR count). The second-order valence-electron chi connectivity index (χ2n) is 4.75. The molecule has 8 nitrogen and oxygen atoms in total. The zero-order chi connectivity index (χ0) is 16.4. The minimum absolute atomic E-state index is 0.214. The van der Waals surface area contributed by atoms with Crippen LogP contribution in [0.4, 0.5) is 5.69 Å². The Balaban J connectivity index is 3.16. The van der Waals surface area contributed by atoms with Gasteiger partial charge in [0.1, 0.15) is 0 Å². The van der Waals surface area contributed by atoms with Gasteiger partial charge in [0.05, 0.1) is 16.4 Å². The summed E-state index contributed by atoms with van der Waals surface area (Å²) in [5.41, 5.74) is 0.0920. The van der Waals surface area contributed by atoms with Gasteiger partial charge in [-0.25, -0.2) is 8.42 Å². The third-order valence-corrected chi connectivity index (χ3v) is 4.74. The number of carbonyl (C=O) groups excluding carboxylic acids is 1. The van der Waals surface area contributed by atoms with Crippen LogP contribution in [0.15, 0.2) is 23.1 Å². The molecule has 21 heavy (non-hydrogen) atoms. The quantitative estimate of drug-likeness (QED) is 0.585. The van der Waals surface area contributed by atoms with E-state index in [1.165, 1.54) is 45.1 Å². The van der Waals surface area contributed by atoms with E-state index in [0.29, 0.717) is 5.56 Å². The lowest BCUT2D eigenvalue weighted by Crippen LogP contribution is -2.37. The van der Waals surface area contributed by atoms with Gasteiger partial charge in [0, 0.05) is 32.8 Å². The highest BCUT2D eigenvalue weighted by molar-refractivity contribution is 7.89. The van der Waals surface area contributed by atoms with Gasteiger partial charge in [-0.15, -0.1) is 0 Å². The minimum Gasteiger partial charge on any atom is -0.348 e. The van der Waals surface area contributed by atoms with Crippen LogP contribution in [0.2, 0.25) is 0 Å². The van der Waals surface area contributed by atoms with Gasteiger partial charge < -0.3 is 4.90 Å². The fraction of sp³-hybridized carbons (Fsp3) is 0.417. The average molecular weight is 315 g/mol. The number of sulfonamides is 1. The first-order valence-corrected chi connectivity index (χ1v) is 7.43. The molecular weight excluding hydrogens is 298 g/mol. The van der Waals surface area contributed by atoms with Gasteiger partial charge in [-0.1, -0.05) is 6.07 Å². The molecule has 0 heterocycles. The van der Waals surface area contributed by atoms with Gasteiger partial charge in [-0.2, -0.15) is 4.31 Å². The molecule has 0 saturated carbocycles. The normalized spacial score (nSPS) is 11.5. The molecule has 0 saturated heterocycles. The SMILES string of the molecule is Cc1ccc(S(=O)(=O)N(C)CC(=O)N(C)C)cc1[N+](=O)[O-]. The van der Waals surface area contributed by atoms with Gasteiger partial charge in [0.15, 0.2) is 0 Å². The van der Waals surface area contributed by atoms with Crippen molar-refractivity contribution >= 4 is 21.6 Å². The van der Waals surface area contributed by atoms with E-state index in [2.05, 4.69) is 0 Å². The standard InChI is InChI=1S/C12H17N3O5S/c1-9-5-6-10(7-11(9)15(17)18)21(19,20)14(4)8-12(16)13(2)3/h5-7H,8H2,1-4H3. The maximum atomic E-state index is 12.3. The second-order valence-corrected chi connectivity index (χ2v) is 6.80. The lowest BCUT2D eigenvalue weighted by atomic mass is 10.2. The molecule has 0 atom stereocenters. The molecule has 0 aliphatic carbocycles. The Bertz CT molecular complexity index is 669. The Kier molecular flexibility index (Phi) is 5.02. The minimum atomic E-state index is -3.96. The Labute approximate surface area is 123 Å². The summed E-state index contributed by atoms with van der Waals surface area (Å²) in [6.45, 7) is 1.19. The van der Waals surface area contributed by atoms with Crippen molar-refractivity contribution < 1.29 is 18.1 Å². The van der Waals surface area contributed by atoms with Crippen LogP contribution in [0.3, 0.4) is 0 Å². The monoisotopic (exact) mass is 315 g/mol. The van der Waals surface area contributed by atoms with E-state index in [9.17, 15) is 23.3 Å². The summed E-state index contributed by atoms with van der Waals surface area (Å²) in [6.07, 6.45) is 0. The summed E-state index contributed by atoms with van der Waals surface area (Å²) in [5.74, 6) is -0.386. The zero-order valence-corrected chi connectivity index (χ0v) is 13.0. The molecule has 0 radical (unpaired) electrons. The van der Waals surface area contributed by atoms with E-state index < -0.39 is 14.9 Å². The Morgan fingerprint density at radius 2 is 1.86 bits per heavy atom. The van der Waals surface area contributed by atoms with Crippen molar-refractivity contribution in [1.82, 2.24) is 9.21 Å². The van der Waals surface area contributed by atoms with E-state index in [1.807, 2.05) is 0 Å². The van der Waals surface area contributed by atoms with Crippen LogP contribution in [-0.2, 0) is 14.8 Å². The predicted molar refractivity (Wildman–Crippen MR) is 76.3 cm³/mol. The summed E-state index contributed by atoms with van der Waals surface area (Å²) in [4.78, 5) is 22.9. The molecular formula is C12H17N3O5S. The first-order chi connectivity index (χ1) is 9.57. The van der Waals surface area contributed by atoms with Crippen LogP contribution in [0.1, 0.15) is 5.56 Å². The molecule has 0 aromatic heterocycles. The number of hydrogen-bond donors (Lipinski definition) is 0. The Morgan fingerprint density at radius 3 is 2.33 bits per heavy atom. The molecule has 0 spiro atoms. The molecule has 0 unspecified atom stereocenters. The van der Waals surface area contributed by atoms with Crippen LogP contribution in [0.5, 0.6) is 0 Å². The maximum absolute atomic E-state index is 12.3. The predicted octanol–water partition coefficient (Wildman–Crippen LogP) is 0.612. The van der Waals surface area contributed by atoms with Crippen molar-refractivity contribution in [3.8, 4) is 0 Å². The highest BCUT2D eigenvalue weighted by Gasteiger charge is 2.26. The molecule has 0 aliphatic rings. The number of aryl methyl sites for hydroxylation is 1. The number of nitro groups is 1. The van der Waals surface area contributed by atoms with Crippen molar-refractivity contribution in [1.29, 1.82) is 0 Å². The molecule has 1 aromatic carbocycles. The molecule has 9 heteroatoms. The van der Waals surface area contributed by atoms with E-state index in [0.717, 1.165) is 10.4 Å². The number of likely N-dealkylation sites (N-methyl/N-ethyl adjacent to an activating group) is 2. The third-order valence-electron chi connectivity index (χ3n) is 2.94. The molecule has 0 aliphatic heterocycles. The molecule has 1 amide bonds. The lowest BCUT2D eigenvalue weighted by Gasteiger charge is -2.19. The van der Waals surface area contributed by atoms with Crippen molar-refractivity contribution in [2.75, 3.05) is 27.7 Å². The van der Waals surface area contributed by atoms with Crippen molar-refractivity contribution in [2.45, 2.75) is 11.8 Å². The van der Waals surface area contributed by atoms with Crippen LogP contribution < -0.4 is 0 Å². The third kappa shape index (κ3) is 3.76. The summed E-state index contributed by atoms with van der Waals surface area (Å²) in [5, 5.41) is 10.9. The zero-order valence-electron chi connectivity index (χ0n) is 12.2. The summed E-state index contributed by atoms with van der Waals surface area (Å²) in [7, 11) is 0.320. The number of carbonyl (C=O) groups is 1. The first-order valence-electron chi connectivity index (χ1n) is 5.99. The number of hydrogen-bond acceptors (Lipinski definition) is 5. The highest BCUT2D eigenvalue weighted by atomic mass is 32.2. The maximum Gasteiger partial charge on any atom is 0.273 e. The summed E-state index contributed by atoms with van der Waals surface area (Å²) in [6, 6.07) is 3.65. The van der Waals surface area contributed by atoms with Crippen LogP contribution >= 0.6 is 0 Å². The summed E-state index contributed by atoms with van der Waals surface area (Å²) >= 11 is 0. The summed E-state index contributed by atoms with van der Waals surface area (Å²) < 4.78 is 25.5. The topological polar surface area (TPSA) is 101 Å². The Hall–Kier alpha value is -2.00. The molecule has 116 valence electrons. The van der Waals surface area contributed by atoms with Crippen molar-refractivity contribution in [2.24, 2.45) is 0 Å². The molecule has 0 fully saturated rings. The number of nitrogens with zero attached hydrogens (tertiary/aromatic N) is 3. The molecule has 0 N–H and O–H groups in total. The van der Waals surface area contributed by atoms with Gasteiger partial charge in [0.25, 0.3) is 5.69 Å². The van der Waals surface area contributed by atoms with Crippen molar-refractivity contribution in [3.05, 3.63) is 33.9 Å². The van der Waals surface area contributed by atoms with Gasteiger partial charge in [0.2, 0.25) is 15.9 Å². The Morgan fingerprint density at radius 1 is 1.29 bits per heavy atom. The largest absolute Gasteiger partial charge is 0.348 e. The number of benzene rings is 1. The van der Waals surface area contributed by atoms with E-state index in [-0.39, 0.29) is 23.0 Å². The number of rotatable bonds is 5. The number of amides is 1. The van der Waals surface area contributed by atoms with Gasteiger partial charge in [-0.05, 0) is 13.0 Å². The van der Waals surface area contributed by atoms with E-state index >= 15 is 0 Å². The van der Waals surface area contributed by atoms with Gasteiger partial charge >= 0.3 is 0 Å². The van der Waals surface area contributed by atoms with E-state index in [1.54, 1.807) is 0 Å². The lowest BCUT2D eigenvalue weighted by molar-refractivity contribution is -0.385.